The van der Waals surface area contributed by atoms with Crippen LogP contribution in [0.3, 0.4) is 0 Å². The Hall–Kier alpha value is -3.19. The van der Waals surface area contributed by atoms with Gasteiger partial charge in [0, 0.05) is 37.0 Å². The molecule has 0 aliphatic carbocycles. The van der Waals surface area contributed by atoms with Crippen molar-refractivity contribution in [3.8, 4) is 5.75 Å². The molecule has 154 valence electrons. The van der Waals surface area contributed by atoms with Crippen molar-refractivity contribution >= 4 is 28.2 Å². The second kappa shape index (κ2) is 8.67. The normalized spacial score (nSPS) is 15.8. The molecule has 30 heavy (non-hydrogen) atoms. The van der Waals surface area contributed by atoms with Crippen LogP contribution in [-0.2, 0) is 0 Å². The molecule has 7 heteroatoms. The molecular weight excluding hydrogens is 398 g/mol. The van der Waals surface area contributed by atoms with Gasteiger partial charge in [-0.1, -0.05) is 0 Å². The minimum atomic E-state index is -0.199. The number of benzene rings is 1. The number of hydrogen-bond donors (Lipinski definition) is 1. The quantitative estimate of drug-likeness (QED) is 0.665. The Morgan fingerprint density at radius 2 is 1.97 bits per heavy atom. The average Bonchev–Trinajstić information content (AvgIpc) is 3.44. The van der Waals surface area contributed by atoms with Gasteiger partial charge < -0.3 is 15.0 Å². The Morgan fingerprint density at radius 3 is 2.70 bits per heavy atom. The minimum Gasteiger partial charge on any atom is -0.497 e. The summed E-state index contributed by atoms with van der Waals surface area (Å²) in [7, 11) is 1.60. The molecule has 1 N–H and O–H groups in total. The lowest BCUT2D eigenvalue weighted by molar-refractivity contribution is 0.0795. The zero-order valence-electron chi connectivity index (χ0n) is 16.9. The van der Waals surface area contributed by atoms with E-state index in [4.69, 9.17) is 4.74 Å². The van der Waals surface area contributed by atoms with Crippen molar-refractivity contribution in [2.24, 2.45) is 0 Å². The zero-order valence-corrected chi connectivity index (χ0v) is 17.7. The van der Waals surface area contributed by atoms with E-state index in [1.165, 1.54) is 16.9 Å². The molecule has 1 atom stereocenters. The minimum absolute atomic E-state index is 0.0117. The number of likely N-dealkylation sites (tertiary alicyclic amines) is 1. The fourth-order valence-electron chi connectivity index (χ4n) is 3.73. The maximum absolute atomic E-state index is 12.9. The van der Waals surface area contributed by atoms with Gasteiger partial charge in [-0.2, -0.15) is 0 Å². The smallest absolute Gasteiger partial charge is 0.264 e. The second-order valence-corrected chi connectivity index (χ2v) is 8.40. The summed E-state index contributed by atoms with van der Waals surface area (Å²) in [5, 5.41) is 3.55. The summed E-state index contributed by atoms with van der Waals surface area (Å²) in [6.45, 7) is 3.30. The lowest BCUT2D eigenvalue weighted by atomic mass is 10.00. The number of nitrogens with one attached hydrogen (secondary N) is 1. The SMILES string of the molecule is COc1ccc(C(=O)Nc2ccc(C(=O)N3CCC(c4ccncc4)C3)s2)c(C)c1. The number of ether oxygens (including phenoxy) is 1. The number of aryl methyl sites for hydroxylation is 1. The van der Waals surface area contributed by atoms with Crippen LogP contribution >= 0.6 is 11.3 Å². The lowest BCUT2D eigenvalue weighted by Gasteiger charge is -2.15. The van der Waals surface area contributed by atoms with Crippen molar-refractivity contribution in [3.63, 3.8) is 0 Å². The van der Waals surface area contributed by atoms with Crippen molar-refractivity contribution in [2.75, 3.05) is 25.5 Å². The number of methoxy groups -OCH3 is 1. The third-order valence-electron chi connectivity index (χ3n) is 5.38. The van der Waals surface area contributed by atoms with E-state index in [0.29, 0.717) is 33.7 Å². The van der Waals surface area contributed by atoms with Gasteiger partial charge in [-0.25, -0.2) is 0 Å². The van der Waals surface area contributed by atoms with Gasteiger partial charge in [0.25, 0.3) is 11.8 Å². The Balaban J connectivity index is 1.40. The number of carbonyl (C=O) groups is 2. The molecule has 2 aromatic heterocycles. The van der Waals surface area contributed by atoms with Crippen LogP contribution < -0.4 is 10.1 Å². The fourth-order valence-corrected chi connectivity index (χ4v) is 4.59. The summed E-state index contributed by atoms with van der Waals surface area (Å²) < 4.78 is 5.19. The topological polar surface area (TPSA) is 71.5 Å². The largest absolute Gasteiger partial charge is 0.497 e. The number of rotatable bonds is 5. The molecular formula is C23H23N3O3S. The Bertz CT molecular complexity index is 1060. The highest BCUT2D eigenvalue weighted by atomic mass is 32.1. The van der Waals surface area contributed by atoms with Crippen LogP contribution in [0.5, 0.6) is 5.75 Å². The third kappa shape index (κ3) is 4.21. The zero-order chi connectivity index (χ0) is 21.1. The maximum atomic E-state index is 12.9. The molecule has 6 nitrogen and oxygen atoms in total. The molecule has 1 unspecified atom stereocenters. The summed E-state index contributed by atoms with van der Waals surface area (Å²) in [5.41, 5.74) is 2.63. The number of nitrogens with zero attached hydrogens (tertiary/aromatic N) is 2. The van der Waals surface area contributed by atoms with Gasteiger partial charge in [0.15, 0.2) is 0 Å². The molecule has 0 bridgehead atoms. The molecule has 3 heterocycles. The van der Waals surface area contributed by atoms with E-state index < -0.39 is 0 Å². The van der Waals surface area contributed by atoms with E-state index in [-0.39, 0.29) is 11.8 Å². The van der Waals surface area contributed by atoms with E-state index in [1.807, 2.05) is 30.0 Å². The highest BCUT2D eigenvalue weighted by Crippen LogP contribution is 2.30. The number of aromatic nitrogens is 1. The van der Waals surface area contributed by atoms with Gasteiger partial charge in [0.2, 0.25) is 0 Å². The van der Waals surface area contributed by atoms with Crippen molar-refractivity contribution in [3.05, 3.63) is 76.4 Å². The Kier molecular flexibility index (Phi) is 5.81. The number of anilines is 1. The number of pyridine rings is 1. The molecule has 2 amide bonds. The molecule has 0 spiro atoms. The first-order valence-corrected chi connectivity index (χ1v) is 10.6. The first-order chi connectivity index (χ1) is 14.5. The van der Waals surface area contributed by atoms with Crippen molar-refractivity contribution in [1.29, 1.82) is 0 Å². The highest BCUT2D eigenvalue weighted by molar-refractivity contribution is 7.18. The van der Waals surface area contributed by atoms with Crippen LogP contribution in [0.2, 0.25) is 0 Å². The first-order valence-electron chi connectivity index (χ1n) is 9.80. The van der Waals surface area contributed by atoms with Gasteiger partial charge >= 0.3 is 0 Å². The number of carbonyl (C=O) groups excluding carboxylic acids is 2. The fraction of sp³-hybridized carbons (Fsp3) is 0.261. The molecule has 1 saturated heterocycles. The van der Waals surface area contributed by atoms with E-state index in [0.717, 1.165) is 18.5 Å². The predicted octanol–water partition coefficient (Wildman–Crippen LogP) is 4.34. The molecule has 0 saturated carbocycles. The average molecular weight is 422 g/mol. The summed E-state index contributed by atoms with van der Waals surface area (Å²) in [6.07, 6.45) is 4.53. The van der Waals surface area contributed by atoms with E-state index >= 15 is 0 Å². The molecule has 1 aliphatic rings. The van der Waals surface area contributed by atoms with E-state index in [2.05, 4.69) is 10.3 Å². The van der Waals surface area contributed by atoms with Gasteiger partial charge in [-0.05, 0) is 66.9 Å². The third-order valence-corrected chi connectivity index (χ3v) is 6.37. The summed E-state index contributed by atoms with van der Waals surface area (Å²) >= 11 is 1.30. The highest BCUT2D eigenvalue weighted by Gasteiger charge is 2.28. The van der Waals surface area contributed by atoms with Crippen LogP contribution in [0.1, 0.15) is 43.5 Å². The summed E-state index contributed by atoms with van der Waals surface area (Å²) in [6, 6.07) is 12.9. The monoisotopic (exact) mass is 421 g/mol. The van der Waals surface area contributed by atoms with Crippen molar-refractivity contribution in [2.45, 2.75) is 19.3 Å². The van der Waals surface area contributed by atoms with E-state index in [9.17, 15) is 9.59 Å². The number of hydrogen-bond acceptors (Lipinski definition) is 5. The van der Waals surface area contributed by atoms with Gasteiger partial charge in [-0.15, -0.1) is 11.3 Å². The van der Waals surface area contributed by atoms with Gasteiger partial charge in [-0.3, -0.25) is 14.6 Å². The molecule has 0 radical (unpaired) electrons. The van der Waals surface area contributed by atoms with Crippen molar-refractivity contribution < 1.29 is 14.3 Å². The predicted molar refractivity (Wildman–Crippen MR) is 118 cm³/mol. The Labute approximate surface area is 179 Å². The number of amides is 2. The Morgan fingerprint density at radius 1 is 1.17 bits per heavy atom. The maximum Gasteiger partial charge on any atom is 0.264 e. The summed E-state index contributed by atoms with van der Waals surface area (Å²) in [4.78, 5) is 32.1. The molecule has 1 aromatic carbocycles. The van der Waals surface area contributed by atoms with Crippen LogP contribution in [0.25, 0.3) is 0 Å². The molecule has 1 aliphatic heterocycles. The van der Waals surface area contributed by atoms with Crippen LogP contribution in [-0.4, -0.2) is 41.9 Å². The van der Waals surface area contributed by atoms with E-state index in [1.54, 1.807) is 43.8 Å². The van der Waals surface area contributed by atoms with Crippen LogP contribution in [0, 0.1) is 6.92 Å². The van der Waals surface area contributed by atoms with Gasteiger partial charge in [0.1, 0.15) is 5.75 Å². The molecule has 4 rings (SSSR count). The number of thiophene rings is 1. The van der Waals surface area contributed by atoms with Crippen molar-refractivity contribution in [1.82, 2.24) is 9.88 Å². The van der Waals surface area contributed by atoms with Crippen LogP contribution in [0.4, 0.5) is 5.00 Å². The molecule has 1 fully saturated rings. The second-order valence-electron chi connectivity index (χ2n) is 7.32. The molecule has 3 aromatic rings. The lowest BCUT2D eigenvalue weighted by Crippen LogP contribution is -2.27. The first kappa shape index (κ1) is 20.1. The van der Waals surface area contributed by atoms with Gasteiger partial charge in [0.05, 0.1) is 17.0 Å². The standard InChI is InChI=1S/C23H23N3O3S/c1-15-13-18(29-2)3-4-19(15)22(27)25-21-6-5-20(30-21)23(28)26-12-9-17(14-26)16-7-10-24-11-8-16/h3-8,10-11,13,17H,9,12,14H2,1-2H3,(H,25,27). The summed E-state index contributed by atoms with van der Waals surface area (Å²) in [5.74, 6) is 0.866. The van der Waals surface area contributed by atoms with Crippen LogP contribution in [0.15, 0.2) is 54.9 Å².